The molecule has 0 amide bonds. The van der Waals surface area contributed by atoms with Gasteiger partial charge in [0.25, 0.3) is 0 Å². The van der Waals surface area contributed by atoms with E-state index in [1.807, 2.05) is 6.92 Å². The third-order valence-corrected chi connectivity index (χ3v) is 3.00. The lowest BCUT2D eigenvalue weighted by Gasteiger charge is -2.31. The van der Waals surface area contributed by atoms with E-state index in [9.17, 15) is 4.79 Å². The molecular weight excluding hydrogens is 336 g/mol. The smallest absolute Gasteiger partial charge is 0.327 e. The number of carboxylic acids is 1. The Bertz CT molecular complexity index is 300. The van der Waals surface area contributed by atoms with Crippen molar-refractivity contribution in [3.63, 3.8) is 0 Å². The number of aliphatic hydroxyl groups excluding tert-OH is 6. The van der Waals surface area contributed by atoms with Crippen molar-refractivity contribution in [3.05, 3.63) is 25.3 Å². The van der Waals surface area contributed by atoms with Crippen LogP contribution in [0.15, 0.2) is 25.3 Å². The minimum absolute atomic E-state index is 0.141. The lowest BCUT2D eigenvalue weighted by atomic mass is 9.91. The van der Waals surface area contributed by atoms with E-state index in [2.05, 4.69) is 13.2 Å². The van der Waals surface area contributed by atoms with Crippen molar-refractivity contribution >= 4 is 5.97 Å². The average Bonchev–Trinajstić information content (AvgIpc) is 2.64. The normalized spacial score (nSPS) is 10.7. The monoisotopic (exact) mass is 368 g/mol. The van der Waals surface area contributed by atoms with E-state index in [1.165, 1.54) is 0 Å². The van der Waals surface area contributed by atoms with Crippen LogP contribution in [0.5, 0.6) is 0 Å². The molecular formula is C16H32O9. The first-order valence-electron chi connectivity index (χ1n) is 7.41. The molecule has 150 valence electrons. The number of aliphatic carboxylic acids is 1. The lowest BCUT2D eigenvalue weighted by Crippen LogP contribution is -2.43. The number of aliphatic hydroxyl groups is 6. The molecule has 0 saturated heterocycles. The van der Waals surface area contributed by atoms with Gasteiger partial charge in [-0.1, -0.05) is 12.7 Å². The molecule has 0 bridgehead atoms. The zero-order valence-corrected chi connectivity index (χ0v) is 14.7. The molecule has 9 heteroatoms. The first kappa shape index (κ1) is 28.5. The molecule has 0 heterocycles. The van der Waals surface area contributed by atoms with Gasteiger partial charge in [-0.05, 0) is 6.92 Å². The average molecular weight is 368 g/mol. The van der Waals surface area contributed by atoms with E-state index >= 15 is 0 Å². The molecule has 0 aliphatic rings. The van der Waals surface area contributed by atoms with E-state index in [0.29, 0.717) is 0 Å². The van der Waals surface area contributed by atoms with Gasteiger partial charge in [0.2, 0.25) is 0 Å². The zero-order valence-electron chi connectivity index (χ0n) is 14.7. The molecule has 0 radical (unpaired) electrons. The molecule has 0 fully saturated rings. The predicted molar refractivity (Wildman–Crippen MR) is 91.9 cm³/mol. The minimum atomic E-state index is -1.16. The summed E-state index contributed by atoms with van der Waals surface area (Å²) >= 11 is 0. The standard InChI is InChI=1S/C10H22O7.C3H4O2.C3H6/c11-1-9(2-12,3-13)7-17-8-10(4-14,5-15)6-16;1-2-3(4)5;1-3-2/h11-16H,1-8H2;2H,1H2,(H,4,5);3H,1H2,2H3. The highest BCUT2D eigenvalue weighted by Gasteiger charge is 2.32. The largest absolute Gasteiger partial charge is 0.478 e. The summed E-state index contributed by atoms with van der Waals surface area (Å²) in [5.74, 6) is -0.981. The van der Waals surface area contributed by atoms with Crippen LogP contribution >= 0.6 is 0 Å². The highest BCUT2D eigenvalue weighted by atomic mass is 16.5. The lowest BCUT2D eigenvalue weighted by molar-refractivity contribution is -0.131. The third kappa shape index (κ3) is 13.6. The van der Waals surface area contributed by atoms with Crippen LogP contribution in [0.3, 0.4) is 0 Å². The maximum atomic E-state index is 9.25. The maximum absolute atomic E-state index is 9.25. The van der Waals surface area contributed by atoms with Crippen LogP contribution in [0.4, 0.5) is 0 Å². The van der Waals surface area contributed by atoms with Crippen LogP contribution in [0.25, 0.3) is 0 Å². The first-order valence-corrected chi connectivity index (χ1v) is 7.41. The second-order valence-electron chi connectivity index (χ2n) is 5.39. The number of carboxylic acid groups (broad SMARTS) is 1. The van der Waals surface area contributed by atoms with Crippen molar-refractivity contribution in [3.8, 4) is 0 Å². The topological polar surface area (TPSA) is 168 Å². The molecule has 25 heavy (non-hydrogen) atoms. The van der Waals surface area contributed by atoms with Gasteiger partial charge >= 0.3 is 5.97 Å². The molecule has 0 aromatic carbocycles. The summed E-state index contributed by atoms with van der Waals surface area (Å²) in [6.45, 7) is 5.21. The Morgan fingerprint density at radius 3 is 1.16 bits per heavy atom. The Kier molecular flexibility index (Phi) is 19.9. The molecule has 0 atom stereocenters. The van der Waals surface area contributed by atoms with Crippen molar-refractivity contribution < 1.29 is 45.3 Å². The Balaban J connectivity index is -0.000000504. The van der Waals surface area contributed by atoms with Gasteiger partial charge in [-0.25, -0.2) is 4.79 Å². The summed E-state index contributed by atoms with van der Waals surface area (Å²) in [6, 6.07) is 0. The van der Waals surface area contributed by atoms with Crippen molar-refractivity contribution in [2.45, 2.75) is 6.92 Å². The number of allylic oxidation sites excluding steroid dienone is 1. The van der Waals surface area contributed by atoms with E-state index in [-0.39, 0.29) is 13.2 Å². The first-order chi connectivity index (χ1) is 11.8. The SMILES string of the molecule is C=CC.C=CC(=O)O.OCC(CO)(CO)COCC(CO)(CO)CO. The summed E-state index contributed by atoms with van der Waals surface area (Å²) in [5.41, 5.74) is -2.32. The van der Waals surface area contributed by atoms with Crippen LogP contribution in [0.2, 0.25) is 0 Å². The Morgan fingerprint density at radius 2 is 1.04 bits per heavy atom. The highest BCUT2D eigenvalue weighted by Crippen LogP contribution is 2.19. The van der Waals surface area contributed by atoms with Crippen LogP contribution in [0, 0.1) is 10.8 Å². The van der Waals surface area contributed by atoms with Gasteiger partial charge in [0, 0.05) is 6.08 Å². The van der Waals surface area contributed by atoms with Crippen molar-refractivity contribution in [1.29, 1.82) is 0 Å². The number of hydrogen-bond donors (Lipinski definition) is 7. The van der Waals surface area contributed by atoms with Gasteiger partial charge < -0.3 is 40.5 Å². The summed E-state index contributed by atoms with van der Waals surface area (Å²) in [5, 5.41) is 61.8. The van der Waals surface area contributed by atoms with E-state index < -0.39 is 56.4 Å². The quantitative estimate of drug-likeness (QED) is 0.167. The summed E-state index contributed by atoms with van der Waals surface area (Å²) in [7, 11) is 0. The van der Waals surface area contributed by atoms with Gasteiger partial charge in [-0.3, -0.25) is 0 Å². The fourth-order valence-corrected chi connectivity index (χ4v) is 1.06. The number of rotatable bonds is 11. The van der Waals surface area contributed by atoms with E-state index in [1.54, 1.807) is 6.08 Å². The predicted octanol–water partition coefficient (Wildman–Crippen LogP) is -1.62. The summed E-state index contributed by atoms with van der Waals surface area (Å²) in [4.78, 5) is 9.25. The van der Waals surface area contributed by atoms with Gasteiger partial charge in [-0.2, -0.15) is 0 Å². The molecule has 0 aromatic rings. The van der Waals surface area contributed by atoms with Gasteiger partial charge in [-0.15, -0.1) is 6.58 Å². The van der Waals surface area contributed by atoms with Gasteiger partial charge in [0.15, 0.2) is 0 Å². The molecule has 0 rings (SSSR count). The van der Waals surface area contributed by atoms with Gasteiger partial charge in [0.1, 0.15) is 0 Å². The molecule has 9 nitrogen and oxygen atoms in total. The van der Waals surface area contributed by atoms with Crippen LogP contribution in [-0.4, -0.2) is 94.6 Å². The molecule has 0 aromatic heterocycles. The van der Waals surface area contributed by atoms with Gasteiger partial charge in [0.05, 0.1) is 63.7 Å². The fraction of sp³-hybridized carbons (Fsp3) is 0.688. The van der Waals surface area contributed by atoms with Crippen LogP contribution in [0.1, 0.15) is 6.92 Å². The maximum Gasteiger partial charge on any atom is 0.327 e. The van der Waals surface area contributed by atoms with Crippen molar-refractivity contribution in [2.24, 2.45) is 10.8 Å². The Labute approximate surface area is 148 Å². The molecule has 7 N–H and O–H groups in total. The molecule has 0 saturated carbocycles. The Hall–Kier alpha value is -1.33. The molecule has 0 spiro atoms. The minimum Gasteiger partial charge on any atom is -0.478 e. The molecule has 0 unspecified atom stereocenters. The van der Waals surface area contributed by atoms with Crippen molar-refractivity contribution in [2.75, 3.05) is 52.9 Å². The van der Waals surface area contributed by atoms with Crippen LogP contribution < -0.4 is 0 Å². The zero-order chi connectivity index (χ0) is 20.4. The summed E-state index contributed by atoms with van der Waals surface area (Å²) in [6.07, 6.45) is 2.58. The van der Waals surface area contributed by atoms with E-state index in [0.717, 1.165) is 6.08 Å². The summed E-state index contributed by atoms with van der Waals surface area (Å²) < 4.78 is 5.15. The number of hydrogen-bond acceptors (Lipinski definition) is 8. The third-order valence-electron chi connectivity index (χ3n) is 3.00. The fourth-order valence-electron chi connectivity index (χ4n) is 1.06. The number of ether oxygens (including phenoxy) is 1. The number of carbonyl (C=O) groups is 1. The van der Waals surface area contributed by atoms with E-state index in [4.69, 9.17) is 40.5 Å². The van der Waals surface area contributed by atoms with Crippen LogP contribution in [-0.2, 0) is 9.53 Å². The second-order valence-corrected chi connectivity index (χ2v) is 5.39. The Morgan fingerprint density at radius 1 is 0.840 bits per heavy atom. The van der Waals surface area contributed by atoms with Crippen molar-refractivity contribution in [1.82, 2.24) is 0 Å². The molecule has 0 aliphatic carbocycles. The second kappa shape index (κ2) is 17.5. The highest BCUT2D eigenvalue weighted by molar-refractivity contribution is 5.78. The molecule has 0 aliphatic heterocycles.